The van der Waals surface area contributed by atoms with Crippen molar-refractivity contribution in [3.05, 3.63) is 59.9 Å². The first kappa shape index (κ1) is 12.2. The van der Waals surface area contributed by atoms with Gasteiger partial charge in [0.2, 0.25) is 0 Å². The lowest BCUT2D eigenvalue weighted by Gasteiger charge is -2.08. The van der Waals surface area contributed by atoms with Crippen molar-refractivity contribution in [2.45, 2.75) is 29.6 Å². The maximum atomic E-state index is 13.8. The Morgan fingerprint density at radius 1 is 0.941 bits per heavy atom. The summed E-state index contributed by atoms with van der Waals surface area (Å²) in [6.45, 7) is 4.00. The highest BCUT2D eigenvalue weighted by Crippen LogP contribution is 2.30. The van der Waals surface area contributed by atoms with Crippen molar-refractivity contribution in [1.29, 1.82) is 0 Å². The number of rotatable bonds is 3. The highest BCUT2D eigenvalue weighted by molar-refractivity contribution is 7.99. The van der Waals surface area contributed by atoms with E-state index < -0.39 is 0 Å². The fourth-order valence-corrected chi connectivity index (χ4v) is 2.53. The topological polar surface area (TPSA) is 0 Å². The number of hydrogen-bond acceptors (Lipinski definition) is 1. The van der Waals surface area contributed by atoms with Crippen molar-refractivity contribution in [2.75, 3.05) is 0 Å². The van der Waals surface area contributed by atoms with E-state index in [2.05, 4.69) is 0 Å². The number of hydrogen-bond donors (Lipinski definition) is 0. The van der Waals surface area contributed by atoms with Crippen molar-refractivity contribution < 1.29 is 4.39 Å². The average molecular weight is 246 g/mol. The van der Waals surface area contributed by atoms with Crippen LogP contribution in [0.2, 0.25) is 0 Å². The molecular formula is C15H15FS. The molecule has 2 aromatic carbocycles. The van der Waals surface area contributed by atoms with Crippen LogP contribution < -0.4 is 0 Å². The van der Waals surface area contributed by atoms with Gasteiger partial charge in [-0.3, -0.25) is 0 Å². The molecule has 2 heteroatoms. The van der Waals surface area contributed by atoms with Gasteiger partial charge in [-0.25, -0.2) is 4.39 Å². The van der Waals surface area contributed by atoms with Gasteiger partial charge in [-0.1, -0.05) is 49.9 Å². The molecule has 0 bridgehead atoms. The molecule has 0 N–H and O–H groups in total. The van der Waals surface area contributed by atoms with Crippen LogP contribution >= 0.6 is 11.8 Å². The van der Waals surface area contributed by atoms with Crippen molar-refractivity contribution in [3.8, 4) is 0 Å². The van der Waals surface area contributed by atoms with Crippen LogP contribution in [0, 0.1) is 5.82 Å². The van der Waals surface area contributed by atoms with E-state index in [0.717, 1.165) is 15.4 Å². The summed E-state index contributed by atoms with van der Waals surface area (Å²) < 4.78 is 13.8. The Morgan fingerprint density at radius 2 is 1.65 bits per heavy atom. The second-order valence-corrected chi connectivity index (χ2v) is 5.40. The average Bonchev–Trinajstić information content (AvgIpc) is 2.30. The van der Waals surface area contributed by atoms with E-state index in [-0.39, 0.29) is 11.7 Å². The molecule has 88 valence electrons. The van der Waals surface area contributed by atoms with Gasteiger partial charge in [0.25, 0.3) is 0 Å². The third-order valence-corrected chi connectivity index (χ3v) is 3.57. The van der Waals surface area contributed by atoms with Crippen LogP contribution in [0.5, 0.6) is 0 Å². The van der Waals surface area contributed by atoms with Crippen molar-refractivity contribution >= 4 is 11.8 Å². The molecule has 0 radical (unpaired) electrons. The predicted molar refractivity (Wildman–Crippen MR) is 71.1 cm³/mol. The molecule has 2 rings (SSSR count). The Morgan fingerprint density at radius 3 is 2.24 bits per heavy atom. The summed E-state index contributed by atoms with van der Waals surface area (Å²) >= 11 is 1.58. The van der Waals surface area contributed by atoms with Crippen LogP contribution in [0.15, 0.2) is 58.3 Å². The lowest BCUT2D eigenvalue weighted by molar-refractivity contribution is 0.595. The Kier molecular flexibility index (Phi) is 3.85. The van der Waals surface area contributed by atoms with E-state index in [0.29, 0.717) is 0 Å². The van der Waals surface area contributed by atoms with Gasteiger partial charge in [0.1, 0.15) is 5.82 Å². The largest absolute Gasteiger partial charge is 0.207 e. The monoisotopic (exact) mass is 246 g/mol. The van der Waals surface area contributed by atoms with Crippen LogP contribution in [0.1, 0.15) is 25.3 Å². The number of halogens is 1. The predicted octanol–water partition coefficient (Wildman–Crippen LogP) is 5.10. The van der Waals surface area contributed by atoms with Crippen molar-refractivity contribution in [1.82, 2.24) is 0 Å². The lowest BCUT2D eigenvalue weighted by Crippen LogP contribution is -1.92. The summed E-state index contributed by atoms with van der Waals surface area (Å²) in [5, 5.41) is 0. The maximum Gasteiger partial charge on any atom is 0.127 e. The molecule has 0 amide bonds. The molecule has 17 heavy (non-hydrogen) atoms. The smallest absolute Gasteiger partial charge is 0.127 e. The molecule has 0 nitrogen and oxygen atoms in total. The van der Waals surface area contributed by atoms with E-state index in [1.54, 1.807) is 17.8 Å². The van der Waals surface area contributed by atoms with Gasteiger partial charge in [-0.05, 0) is 35.7 Å². The first-order valence-electron chi connectivity index (χ1n) is 5.69. The minimum Gasteiger partial charge on any atom is -0.207 e. The molecule has 0 aliphatic rings. The van der Waals surface area contributed by atoms with E-state index in [9.17, 15) is 4.39 Å². The van der Waals surface area contributed by atoms with Gasteiger partial charge in [-0.2, -0.15) is 0 Å². The summed E-state index contributed by atoms with van der Waals surface area (Å²) in [7, 11) is 0. The quantitative estimate of drug-likeness (QED) is 0.726. The fraction of sp³-hybridized carbons (Fsp3) is 0.200. The third kappa shape index (κ3) is 3.10. The molecule has 0 atom stereocenters. The molecule has 0 aromatic heterocycles. The maximum absolute atomic E-state index is 13.8. The first-order valence-corrected chi connectivity index (χ1v) is 6.51. The third-order valence-electron chi connectivity index (χ3n) is 2.57. The van der Waals surface area contributed by atoms with Crippen molar-refractivity contribution in [3.63, 3.8) is 0 Å². The molecule has 0 spiro atoms. The Hall–Kier alpha value is -1.28. The highest BCUT2D eigenvalue weighted by atomic mass is 32.2. The van der Waals surface area contributed by atoms with Gasteiger partial charge in [0.05, 0.1) is 0 Å². The van der Waals surface area contributed by atoms with Crippen molar-refractivity contribution in [2.24, 2.45) is 0 Å². The molecule has 0 aliphatic heterocycles. The van der Waals surface area contributed by atoms with E-state index >= 15 is 0 Å². The normalized spacial score (nSPS) is 10.8. The SMILES string of the molecule is CC(C)c1ccc(Sc2ccccc2)cc1F. The van der Waals surface area contributed by atoms with Crippen LogP contribution in [0.3, 0.4) is 0 Å². The van der Waals surface area contributed by atoms with E-state index in [4.69, 9.17) is 0 Å². The lowest BCUT2D eigenvalue weighted by atomic mass is 10.0. The van der Waals surface area contributed by atoms with Crippen LogP contribution in [0.25, 0.3) is 0 Å². The fourth-order valence-electron chi connectivity index (χ4n) is 1.66. The van der Waals surface area contributed by atoms with E-state index in [1.165, 1.54) is 0 Å². The number of benzene rings is 2. The zero-order chi connectivity index (χ0) is 12.3. The molecule has 0 saturated carbocycles. The summed E-state index contributed by atoms with van der Waals surface area (Å²) in [6, 6.07) is 15.5. The Balaban J connectivity index is 2.21. The molecule has 0 heterocycles. The minimum atomic E-state index is -0.110. The summed E-state index contributed by atoms with van der Waals surface area (Å²) in [4.78, 5) is 2.07. The van der Waals surface area contributed by atoms with Gasteiger partial charge in [-0.15, -0.1) is 0 Å². The molecule has 0 aliphatic carbocycles. The zero-order valence-electron chi connectivity index (χ0n) is 9.98. The summed E-state index contributed by atoms with van der Waals surface area (Å²) in [5.74, 6) is 0.117. The van der Waals surface area contributed by atoms with Gasteiger partial charge >= 0.3 is 0 Å². The van der Waals surface area contributed by atoms with Gasteiger partial charge < -0.3 is 0 Å². The summed E-state index contributed by atoms with van der Waals surface area (Å²) in [5.41, 5.74) is 0.780. The second kappa shape index (κ2) is 5.37. The Bertz CT molecular complexity index is 492. The molecule has 0 unspecified atom stereocenters. The Labute approximate surface area is 106 Å². The molecular weight excluding hydrogens is 231 g/mol. The van der Waals surface area contributed by atoms with Gasteiger partial charge in [0, 0.05) is 9.79 Å². The second-order valence-electron chi connectivity index (χ2n) is 4.25. The molecule has 0 fully saturated rings. The van der Waals surface area contributed by atoms with E-state index in [1.807, 2.05) is 56.3 Å². The van der Waals surface area contributed by atoms with Crippen LogP contribution in [-0.2, 0) is 0 Å². The molecule has 2 aromatic rings. The minimum absolute atomic E-state index is 0.110. The standard InChI is InChI=1S/C15H15FS/c1-11(2)14-9-8-13(10-15(14)16)17-12-6-4-3-5-7-12/h3-11H,1-2H3. The van der Waals surface area contributed by atoms with Crippen LogP contribution in [-0.4, -0.2) is 0 Å². The van der Waals surface area contributed by atoms with Crippen LogP contribution in [0.4, 0.5) is 4.39 Å². The zero-order valence-corrected chi connectivity index (χ0v) is 10.8. The summed E-state index contributed by atoms with van der Waals surface area (Å²) in [6.07, 6.45) is 0. The highest BCUT2D eigenvalue weighted by Gasteiger charge is 2.07. The first-order chi connectivity index (χ1) is 8.16. The van der Waals surface area contributed by atoms with Gasteiger partial charge in [0.15, 0.2) is 0 Å². The molecule has 0 saturated heterocycles.